The van der Waals surface area contributed by atoms with Gasteiger partial charge in [-0.15, -0.1) is 0 Å². The maximum atomic E-state index is 12.5. The molecular formula is C29H26BN5O3. The van der Waals surface area contributed by atoms with E-state index in [1.807, 2.05) is 42.5 Å². The standard InChI is InChI=1S/C29H26BN5O3/c30-24-19-33-35-27(18-25(34-28(24)35)23-10-4-5-11-26(23)36)31-16-6-7-17-32-29(37)20-12-14-22(15-13-20)38-21-8-2-1-3-9-21/h1-5,8-15,18-19,31,36H,6-7,16-17H2,(H,32,37). The lowest BCUT2D eigenvalue weighted by molar-refractivity contribution is 0.0953. The molecular weight excluding hydrogens is 477 g/mol. The van der Waals surface area contributed by atoms with Crippen molar-refractivity contribution in [1.29, 1.82) is 0 Å². The fourth-order valence-electron chi connectivity index (χ4n) is 4.00. The van der Waals surface area contributed by atoms with Crippen LogP contribution in [0.3, 0.4) is 0 Å². The van der Waals surface area contributed by atoms with Crippen molar-refractivity contribution in [2.24, 2.45) is 0 Å². The Morgan fingerprint density at radius 2 is 1.63 bits per heavy atom. The lowest BCUT2D eigenvalue weighted by atomic mass is 10.0. The number of amides is 1. The van der Waals surface area contributed by atoms with Crippen molar-refractivity contribution >= 4 is 30.7 Å². The number of unbranched alkanes of at least 4 members (excludes halogenated alkanes) is 1. The zero-order valence-electron chi connectivity index (χ0n) is 20.7. The van der Waals surface area contributed by atoms with Crippen LogP contribution < -0.4 is 20.8 Å². The normalized spacial score (nSPS) is 10.8. The van der Waals surface area contributed by atoms with Crippen LogP contribution in [0.1, 0.15) is 23.2 Å². The molecule has 0 fully saturated rings. The monoisotopic (exact) mass is 503 g/mol. The van der Waals surface area contributed by atoms with Gasteiger partial charge in [-0.25, -0.2) is 4.98 Å². The summed E-state index contributed by atoms with van der Waals surface area (Å²) in [6.07, 6.45) is 3.16. The highest BCUT2D eigenvalue weighted by Crippen LogP contribution is 2.29. The van der Waals surface area contributed by atoms with E-state index in [1.165, 1.54) is 0 Å². The van der Waals surface area contributed by atoms with Gasteiger partial charge in [0, 0.05) is 36.5 Å². The number of nitrogens with zero attached hydrogens (tertiary/aromatic N) is 3. The van der Waals surface area contributed by atoms with Crippen molar-refractivity contribution in [2.75, 3.05) is 18.4 Å². The van der Waals surface area contributed by atoms with E-state index in [2.05, 4.69) is 20.7 Å². The SMILES string of the molecule is [B]c1cnn2c(NCCCCNC(=O)c3ccc(Oc4ccccc4)cc3)cc(-c3ccccc3O)nc12. The summed E-state index contributed by atoms with van der Waals surface area (Å²) in [7, 11) is 6.06. The van der Waals surface area contributed by atoms with Gasteiger partial charge in [-0.1, -0.05) is 30.3 Å². The molecule has 0 aliphatic heterocycles. The molecule has 3 aromatic carbocycles. The van der Waals surface area contributed by atoms with Gasteiger partial charge in [0.2, 0.25) is 0 Å². The number of hydrogen-bond acceptors (Lipinski definition) is 6. The molecule has 0 bridgehead atoms. The first kappa shape index (κ1) is 24.9. The minimum atomic E-state index is -0.126. The molecule has 0 unspecified atom stereocenters. The van der Waals surface area contributed by atoms with Crippen LogP contribution in [-0.2, 0) is 0 Å². The predicted octanol–water partition coefficient (Wildman–Crippen LogP) is 4.31. The lowest BCUT2D eigenvalue weighted by Crippen LogP contribution is -2.24. The van der Waals surface area contributed by atoms with E-state index < -0.39 is 0 Å². The van der Waals surface area contributed by atoms with Gasteiger partial charge >= 0.3 is 0 Å². The Bertz CT molecular complexity index is 1540. The molecule has 0 saturated heterocycles. The summed E-state index contributed by atoms with van der Waals surface area (Å²) in [5.41, 5.74) is 2.75. The topological polar surface area (TPSA) is 101 Å². The van der Waals surface area contributed by atoms with Crippen molar-refractivity contribution < 1.29 is 14.6 Å². The van der Waals surface area contributed by atoms with Crippen molar-refractivity contribution in [3.05, 3.63) is 96.7 Å². The summed E-state index contributed by atoms with van der Waals surface area (Å²) in [6, 6.07) is 25.4. The Morgan fingerprint density at radius 1 is 0.921 bits per heavy atom. The summed E-state index contributed by atoms with van der Waals surface area (Å²) in [4.78, 5) is 17.1. The average Bonchev–Trinajstić information content (AvgIpc) is 3.32. The molecule has 38 heavy (non-hydrogen) atoms. The van der Waals surface area contributed by atoms with E-state index in [0.29, 0.717) is 52.6 Å². The third-order valence-corrected chi connectivity index (χ3v) is 5.97. The van der Waals surface area contributed by atoms with Gasteiger partial charge in [-0.3, -0.25) is 4.79 Å². The molecule has 0 aliphatic carbocycles. The highest BCUT2D eigenvalue weighted by Gasteiger charge is 2.12. The van der Waals surface area contributed by atoms with Gasteiger partial charge in [-0.05, 0) is 66.8 Å². The number of nitrogens with one attached hydrogen (secondary N) is 2. The number of aromatic hydroxyl groups is 1. The predicted molar refractivity (Wildman–Crippen MR) is 148 cm³/mol. The van der Waals surface area contributed by atoms with Crippen molar-refractivity contribution in [3.8, 4) is 28.5 Å². The fraction of sp³-hybridized carbons (Fsp3) is 0.138. The number of hydrogen-bond donors (Lipinski definition) is 3. The van der Waals surface area contributed by atoms with Crippen LogP contribution >= 0.6 is 0 Å². The summed E-state index contributed by atoms with van der Waals surface area (Å²) < 4.78 is 7.42. The maximum absolute atomic E-state index is 12.5. The molecule has 188 valence electrons. The number of carbonyl (C=O) groups is 1. The number of phenols is 1. The molecule has 1 amide bonds. The molecule has 5 rings (SSSR count). The molecule has 8 nitrogen and oxygen atoms in total. The van der Waals surface area contributed by atoms with Crippen LogP contribution in [0.25, 0.3) is 16.9 Å². The van der Waals surface area contributed by atoms with E-state index in [4.69, 9.17) is 12.6 Å². The Morgan fingerprint density at radius 3 is 2.42 bits per heavy atom. The summed E-state index contributed by atoms with van der Waals surface area (Å²) >= 11 is 0. The first-order chi connectivity index (χ1) is 18.6. The van der Waals surface area contributed by atoms with Crippen LogP contribution in [-0.4, -0.2) is 46.5 Å². The molecule has 5 aromatic rings. The number of fused-ring (bicyclic) bond motifs is 1. The van der Waals surface area contributed by atoms with E-state index in [-0.39, 0.29) is 11.7 Å². The van der Waals surface area contributed by atoms with E-state index in [0.717, 1.165) is 18.6 Å². The molecule has 9 heteroatoms. The summed E-state index contributed by atoms with van der Waals surface area (Å²) in [6.45, 7) is 1.20. The summed E-state index contributed by atoms with van der Waals surface area (Å²) in [5.74, 6) is 2.15. The smallest absolute Gasteiger partial charge is 0.251 e. The van der Waals surface area contributed by atoms with Gasteiger partial charge in [0.25, 0.3) is 5.91 Å². The maximum Gasteiger partial charge on any atom is 0.251 e. The molecule has 0 aliphatic rings. The molecule has 0 spiro atoms. The Hall–Kier alpha value is -4.79. The van der Waals surface area contributed by atoms with E-state index >= 15 is 0 Å². The number of ether oxygens (including phenoxy) is 1. The van der Waals surface area contributed by atoms with Crippen LogP contribution in [0.15, 0.2) is 91.1 Å². The fourth-order valence-corrected chi connectivity index (χ4v) is 4.00. The van der Waals surface area contributed by atoms with Gasteiger partial charge in [0.1, 0.15) is 30.9 Å². The van der Waals surface area contributed by atoms with Crippen LogP contribution in [0, 0.1) is 0 Å². The second-order valence-electron chi connectivity index (χ2n) is 8.71. The third kappa shape index (κ3) is 5.78. The van der Waals surface area contributed by atoms with Crippen LogP contribution in [0.4, 0.5) is 5.82 Å². The van der Waals surface area contributed by atoms with Gasteiger partial charge in [0.15, 0.2) is 5.65 Å². The number of phenolic OH excluding ortho intramolecular Hbond substituents is 1. The Kier molecular flexibility index (Phi) is 7.54. The third-order valence-electron chi connectivity index (χ3n) is 5.97. The van der Waals surface area contributed by atoms with E-state index in [1.54, 1.807) is 53.2 Å². The zero-order valence-corrected chi connectivity index (χ0v) is 20.7. The minimum Gasteiger partial charge on any atom is -0.507 e. The largest absolute Gasteiger partial charge is 0.507 e. The second kappa shape index (κ2) is 11.5. The van der Waals surface area contributed by atoms with Gasteiger partial charge in [0.05, 0.1) is 5.69 Å². The highest BCUT2D eigenvalue weighted by molar-refractivity contribution is 6.36. The Balaban J connectivity index is 1.12. The molecule has 2 heterocycles. The number of carbonyl (C=O) groups excluding carboxylic acids is 1. The first-order valence-corrected chi connectivity index (χ1v) is 12.4. The number of anilines is 1. The highest BCUT2D eigenvalue weighted by atomic mass is 16.5. The molecule has 2 aromatic heterocycles. The van der Waals surface area contributed by atoms with Crippen molar-refractivity contribution in [2.45, 2.75) is 12.8 Å². The average molecular weight is 503 g/mol. The number of aromatic nitrogens is 3. The Labute approximate surface area is 221 Å². The zero-order chi connectivity index (χ0) is 26.3. The van der Waals surface area contributed by atoms with Crippen LogP contribution in [0.2, 0.25) is 0 Å². The number of rotatable bonds is 10. The molecule has 2 radical (unpaired) electrons. The van der Waals surface area contributed by atoms with Gasteiger partial charge in [-0.2, -0.15) is 9.61 Å². The van der Waals surface area contributed by atoms with Crippen molar-refractivity contribution in [3.63, 3.8) is 0 Å². The number of benzene rings is 3. The molecule has 3 N–H and O–H groups in total. The lowest BCUT2D eigenvalue weighted by Gasteiger charge is -2.12. The minimum absolute atomic E-state index is 0.126. The van der Waals surface area contributed by atoms with Gasteiger partial charge < -0.3 is 20.5 Å². The molecule has 0 atom stereocenters. The van der Waals surface area contributed by atoms with Crippen molar-refractivity contribution in [1.82, 2.24) is 19.9 Å². The van der Waals surface area contributed by atoms with E-state index in [9.17, 15) is 9.90 Å². The first-order valence-electron chi connectivity index (χ1n) is 12.4. The van der Waals surface area contributed by atoms with Crippen LogP contribution in [0.5, 0.6) is 17.2 Å². The quantitative estimate of drug-likeness (QED) is 0.194. The number of para-hydroxylation sites is 2. The second-order valence-corrected chi connectivity index (χ2v) is 8.71. The summed E-state index contributed by atoms with van der Waals surface area (Å²) in [5, 5.41) is 20.9. The molecule has 0 saturated carbocycles.